The Balaban J connectivity index is 1.80. The molecule has 0 atom stereocenters. The van der Waals surface area contributed by atoms with E-state index in [9.17, 15) is 36.2 Å². The molecule has 0 fully saturated rings. The third-order valence-corrected chi connectivity index (χ3v) is 6.50. The molecular formula is C32H26F6N2O4. The van der Waals surface area contributed by atoms with E-state index in [-0.39, 0.29) is 29.9 Å². The summed E-state index contributed by atoms with van der Waals surface area (Å²) in [6, 6.07) is 23.9. The van der Waals surface area contributed by atoms with Gasteiger partial charge in [-0.25, -0.2) is 4.79 Å². The fourth-order valence-corrected chi connectivity index (χ4v) is 4.61. The van der Waals surface area contributed by atoms with Gasteiger partial charge in [0, 0.05) is 18.5 Å². The molecule has 4 aromatic rings. The van der Waals surface area contributed by atoms with E-state index in [4.69, 9.17) is 0 Å². The van der Waals surface area contributed by atoms with Crippen molar-refractivity contribution in [2.75, 3.05) is 0 Å². The van der Waals surface area contributed by atoms with E-state index in [1.807, 2.05) is 0 Å². The largest absolute Gasteiger partial charge is 0.573 e. The van der Waals surface area contributed by atoms with Gasteiger partial charge in [-0.1, -0.05) is 85.4 Å². The zero-order chi connectivity index (χ0) is 32.0. The zero-order valence-electron chi connectivity index (χ0n) is 22.9. The number of carbonyl (C=O) groups excluding carboxylic acids is 1. The van der Waals surface area contributed by atoms with Crippen molar-refractivity contribution in [1.82, 2.24) is 10.6 Å². The monoisotopic (exact) mass is 616 g/mol. The van der Waals surface area contributed by atoms with Crippen LogP contribution in [0, 0.1) is 0 Å². The van der Waals surface area contributed by atoms with Crippen LogP contribution in [-0.2, 0) is 18.5 Å². The van der Waals surface area contributed by atoms with Gasteiger partial charge in [0.1, 0.15) is 17.3 Å². The summed E-state index contributed by atoms with van der Waals surface area (Å²) in [5, 5.41) is 15.0. The molecule has 0 aromatic heterocycles. The summed E-state index contributed by atoms with van der Waals surface area (Å²) in [5.74, 6) is -1.33. The number of benzene rings is 4. The molecule has 4 aromatic carbocycles. The SMILES string of the molecule is C=C(O)c1ccc(CNC(=O)NC(Cc2ccccc2)(c2cccc(OC(F)(F)F)c2)c2cccc(OC(F)(F)F)c2)cc1. The Labute approximate surface area is 248 Å². The Morgan fingerprint density at radius 2 is 1.23 bits per heavy atom. The van der Waals surface area contributed by atoms with Gasteiger partial charge in [0.15, 0.2) is 0 Å². The summed E-state index contributed by atoms with van der Waals surface area (Å²) in [6.45, 7) is 3.45. The van der Waals surface area contributed by atoms with Crippen molar-refractivity contribution in [3.8, 4) is 11.5 Å². The van der Waals surface area contributed by atoms with Crippen molar-refractivity contribution >= 4 is 11.8 Å². The molecule has 0 saturated carbocycles. The first-order chi connectivity index (χ1) is 20.7. The van der Waals surface area contributed by atoms with Crippen LogP contribution in [0.5, 0.6) is 11.5 Å². The first-order valence-electron chi connectivity index (χ1n) is 13.0. The van der Waals surface area contributed by atoms with Gasteiger partial charge in [-0.05, 0) is 46.5 Å². The van der Waals surface area contributed by atoms with Crippen LogP contribution in [0.4, 0.5) is 31.1 Å². The molecule has 4 rings (SSSR count). The van der Waals surface area contributed by atoms with E-state index in [0.29, 0.717) is 16.7 Å². The maximum atomic E-state index is 13.5. The summed E-state index contributed by atoms with van der Waals surface area (Å²) in [5.41, 5.74) is 0.181. The molecule has 230 valence electrons. The Kier molecular flexibility index (Phi) is 9.41. The summed E-state index contributed by atoms with van der Waals surface area (Å²) < 4.78 is 87.1. The van der Waals surface area contributed by atoms with E-state index < -0.39 is 35.8 Å². The zero-order valence-corrected chi connectivity index (χ0v) is 22.9. The number of rotatable bonds is 10. The van der Waals surface area contributed by atoms with Crippen LogP contribution in [0.25, 0.3) is 5.76 Å². The minimum absolute atomic E-state index is 0.000115. The van der Waals surface area contributed by atoms with E-state index >= 15 is 0 Å². The van der Waals surface area contributed by atoms with Crippen LogP contribution in [-0.4, -0.2) is 23.9 Å². The van der Waals surface area contributed by atoms with E-state index in [1.54, 1.807) is 54.6 Å². The van der Waals surface area contributed by atoms with Crippen LogP contribution < -0.4 is 20.1 Å². The number of alkyl halides is 6. The van der Waals surface area contributed by atoms with Gasteiger partial charge in [0.25, 0.3) is 0 Å². The number of ether oxygens (including phenoxy) is 2. The maximum absolute atomic E-state index is 13.5. The fourth-order valence-electron chi connectivity index (χ4n) is 4.61. The lowest BCUT2D eigenvalue weighted by atomic mass is 9.77. The molecule has 0 unspecified atom stereocenters. The maximum Gasteiger partial charge on any atom is 0.573 e. The van der Waals surface area contributed by atoms with Gasteiger partial charge in [-0.2, -0.15) is 0 Å². The summed E-state index contributed by atoms with van der Waals surface area (Å²) >= 11 is 0. The summed E-state index contributed by atoms with van der Waals surface area (Å²) in [6.07, 6.45) is -10.1. The van der Waals surface area contributed by atoms with Gasteiger partial charge in [0.05, 0.1) is 5.54 Å². The number of urea groups is 1. The molecule has 0 aliphatic carbocycles. The van der Waals surface area contributed by atoms with Gasteiger partial charge < -0.3 is 25.2 Å². The van der Waals surface area contributed by atoms with Crippen molar-refractivity contribution < 1.29 is 45.7 Å². The summed E-state index contributed by atoms with van der Waals surface area (Å²) in [7, 11) is 0. The number of hydrogen-bond donors (Lipinski definition) is 3. The van der Waals surface area contributed by atoms with E-state index in [0.717, 1.165) is 24.3 Å². The second-order valence-electron chi connectivity index (χ2n) is 9.67. The van der Waals surface area contributed by atoms with Gasteiger partial charge >= 0.3 is 18.8 Å². The Bertz CT molecular complexity index is 1530. The molecule has 0 radical (unpaired) electrons. The molecule has 0 saturated heterocycles. The highest BCUT2D eigenvalue weighted by Gasteiger charge is 2.39. The lowest BCUT2D eigenvalue weighted by molar-refractivity contribution is -0.275. The Morgan fingerprint density at radius 1 is 0.705 bits per heavy atom. The highest BCUT2D eigenvalue weighted by molar-refractivity contribution is 5.76. The van der Waals surface area contributed by atoms with Crippen LogP contribution in [0.15, 0.2) is 110 Å². The molecule has 0 heterocycles. The van der Waals surface area contributed by atoms with Crippen LogP contribution in [0.3, 0.4) is 0 Å². The predicted octanol–water partition coefficient (Wildman–Crippen LogP) is 8.00. The molecule has 0 bridgehead atoms. The second kappa shape index (κ2) is 13.0. The van der Waals surface area contributed by atoms with Crippen molar-refractivity contribution in [3.05, 3.63) is 138 Å². The molecule has 12 heteroatoms. The first-order valence-corrected chi connectivity index (χ1v) is 13.0. The number of hydrogen-bond acceptors (Lipinski definition) is 4. The molecule has 3 N–H and O–H groups in total. The summed E-state index contributed by atoms with van der Waals surface area (Å²) in [4.78, 5) is 13.5. The van der Waals surface area contributed by atoms with E-state index in [2.05, 4.69) is 26.7 Å². The van der Waals surface area contributed by atoms with Crippen molar-refractivity contribution in [2.24, 2.45) is 0 Å². The fraction of sp³-hybridized carbons (Fsp3) is 0.156. The number of carbonyl (C=O) groups is 1. The minimum atomic E-state index is -5.02. The first kappa shape index (κ1) is 31.8. The predicted molar refractivity (Wildman–Crippen MR) is 151 cm³/mol. The van der Waals surface area contributed by atoms with Crippen molar-refractivity contribution in [3.63, 3.8) is 0 Å². The number of amides is 2. The Hall–Kier alpha value is -5.13. The minimum Gasteiger partial charge on any atom is -0.508 e. The Morgan fingerprint density at radius 3 is 1.70 bits per heavy atom. The standard InChI is InChI=1S/C32H26F6N2O4/c1-21(41)24-15-13-23(14-16-24)20-39-29(42)40-30(19-22-7-3-2-4-8-22,25-9-5-11-27(17-25)43-31(33,34)35)26-10-6-12-28(18-26)44-32(36,37)38/h2-18,41H,1,19-20H2,(H2,39,40,42). The van der Waals surface area contributed by atoms with Gasteiger partial charge in [-0.3, -0.25) is 0 Å². The van der Waals surface area contributed by atoms with Crippen LogP contribution >= 0.6 is 0 Å². The molecule has 0 aliphatic heterocycles. The molecule has 6 nitrogen and oxygen atoms in total. The smallest absolute Gasteiger partial charge is 0.508 e. The number of halogens is 6. The normalized spacial score (nSPS) is 11.9. The van der Waals surface area contributed by atoms with Crippen LogP contribution in [0.2, 0.25) is 0 Å². The van der Waals surface area contributed by atoms with Crippen molar-refractivity contribution in [1.29, 1.82) is 0 Å². The molecular weight excluding hydrogens is 590 g/mol. The molecule has 2 amide bonds. The van der Waals surface area contributed by atoms with E-state index in [1.165, 1.54) is 24.3 Å². The number of aliphatic hydroxyl groups is 1. The number of aliphatic hydroxyl groups excluding tert-OH is 1. The number of nitrogens with one attached hydrogen (secondary N) is 2. The lowest BCUT2D eigenvalue weighted by Gasteiger charge is -2.37. The molecule has 0 spiro atoms. The second-order valence-corrected chi connectivity index (χ2v) is 9.67. The molecule has 44 heavy (non-hydrogen) atoms. The average Bonchev–Trinajstić information content (AvgIpc) is 2.95. The lowest BCUT2D eigenvalue weighted by Crippen LogP contribution is -2.52. The topological polar surface area (TPSA) is 79.8 Å². The third-order valence-electron chi connectivity index (χ3n) is 6.50. The van der Waals surface area contributed by atoms with Crippen molar-refractivity contribution in [2.45, 2.75) is 31.2 Å². The third kappa shape index (κ3) is 8.69. The average molecular weight is 617 g/mol. The van der Waals surface area contributed by atoms with Crippen LogP contribution in [0.1, 0.15) is 27.8 Å². The van der Waals surface area contributed by atoms with Gasteiger partial charge in [-0.15, -0.1) is 26.3 Å². The van der Waals surface area contributed by atoms with Gasteiger partial charge in [0.2, 0.25) is 0 Å². The molecule has 0 aliphatic rings. The highest BCUT2D eigenvalue weighted by atomic mass is 19.4. The highest BCUT2D eigenvalue weighted by Crippen LogP contribution is 2.38. The quantitative estimate of drug-likeness (QED) is 0.125.